The molecule has 0 aliphatic heterocycles. The van der Waals surface area contributed by atoms with E-state index in [9.17, 15) is 5.11 Å². The van der Waals surface area contributed by atoms with E-state index < -0.39 is 0 Å². The molecule has 2 aromatic rings. The van der Waals surface area contributed by atoms with Crippen LogP contribution in [0.4, 0.5) is 0 Å². The van der Waals surface area contributed by atoms with E-state index in [1.54, 1.807) is 12.7 Å². The second kappa shape index (κ2) is 6.61. The molecule has 0 saturated carbocycles. The van der Waals surface area contributed by atoms with Gasteiger partial charge in [0.2, 0.25) is 0 Å². The van der Waals surface area contributed by atoms with Gasteiger partial charge in [-0.3, -0.25) is 0 Å². The molecule has 19 heavy (non-hydrogen) atoms. The first-order valence-electron chi connectivity index (χ1n) is 7.03. The van der Waals surface area contributed by atoms with Crippen LogP contribution in [-0.4, -0.2) is 31.2 Å². The Morgan fingerprint density at radius 1 is 1.21 bits per heavy atom. The summed E-state index contributed by atoms with van der Waals surface area (Å²) in [5.74, 6) is 0. The molecule has 1 atom stereocenters. The highest BCUT2D eigenvalue weighted by molar-refractivity contribution is 5.72. The van der Waals surface area contributed by atoms with Crippen LogP contribution < -0.4 is 0 Å². The minimum atomic E-state index is 0.0659. The zero-order chi connectivity index (χ0) is 13.7. The molecule has 0 aliphatic rings. The van der Waals surface area contributed by atoms with Crippen LogP contribution in [0.1, 0.15) is 50.8 Å². The van der Waals surface area contributed by atoms with Crippen LogP contribution in [0.15, 0.2) is 12.7 Å². The third-order valence-corrected chi connectivity index (χ3v) is 3.54. The molecular weight excluding hydrogens is 240 g/mol. The summed E-state index contributed by atoms with van der Waals surface area (Å²) in [6.07, 6.45) is 9.12. The first-order valence-corrected chi connectivity index (χ1v) is 7.03. The molecule has 0 amide bonds. The van der Waals surface area contributed by atoms with Crippen molar-refractivity contribution in [2.24, 2.45) is 0 Å². The largest absolute Gasteiger partial charge is 0.394 e. The topological polar surface area (TPSA) is 63.8 Å². The number of unbranched alkanes of at least 4 members (excludes halogenated alkanes) is 3. The predicted molar refractivity (Wildman–Crippen MR) is 74.9 cm³/mol. The first kappa shape index (κ1) is 13.9. The maximum Gasteiger partial charge on any atom is 0.163 e. The van der Waals surface area contributed by atoms with Gasteiger partial charge in [0.1, 0.15) is 11.8 Å². The van der Waals surface area contributed by atoms with Gasteiger partial charge in [0.25, 0.3) is 0 Å². The third kappa shape index (κ3) is 3.10. The van der Waals surface area contributed by atoms with Gasteiger partial charge in [-0.15, -0.1) is 0 Å². The van der Waals surface area contributed by atoms with Crippen LogP contribution in [0.3, 0.4) is 0 Å². The Kier molecular flexibility index (Phi) is 4.85. The van der Waals surface area contributed by atoms with Crippen molar-refractivity contribution in [3.05, 3.63) is 18.3 Å². The number of hydrogen-bond donors (Lipinski definition) is 1. The molecule has 2 heterocycles. The molecule has 5 heteroatoms. The van der Waals surface area contributed by atoms with Gasteiger partial charge in [-0.05, 0) is 13.3 Å². The number of aliphatic hydroxyl groups is 1. The maximum absolute atomic E-state index is 9.59. The van der Waals surface area contributed by atoms with Crippen molar-refractivity contribution in [1.82, 2.24) is 19.5 Å². The molecule has 0 saturated heterocycles. The predicted octanol–water partition coefficient (Wildman–Crippen LogP) is 2.64. The summed E-state index contributed by atoms with van der Waals surface area (Å²) in [6, 6.07) is 0.0659. The van der Waals surface area contributed by atoms with Gasteiger partial charge in [0.15, 0.2) is 5.65 Å². The van der Waals surface area contributed by atoms with Gasteiger partial charge in [0.05, 0.1) is 24.7 Å². The average Bonchev–Trinajstić information content (AvgIpc) is 2.84. The van der Waals surface area contributed by atoms with Gasteiger partial charge >= 0.3 is 0 Å². The van der Waals surface area contributed by atoms with Crippen molar-refractivity contribution >= 4 is 11.2 Å². The van der Waals surface area contributed by atoms with E-state index >= 15 is 0 Å². The van der Waals surface area contributed by atoms with Gasteiger partial charge in [-0.1, -0.05) is 32.6 Å². The van der Waals surface area contributed by atoms with E-state index in [-0.39, 0.29) is 12.6 Å². The highest BCUT2D eigenvalue weighted by atomic mass is 16.3. The summed E-state index contributed by atoms with van der Waals surface area (Å²) >= 11 is 0. The van der Waals surface area contributed by atoms with Crippen molar-refractivity contribution in [2.45, 2.75) is 52.0 Å². The van der Waals surface area contributed by atoms with E-state index in [1.165, 1.54) is 19.3 Å². The summed E-state index contributed by atoms with van der Waals surface area (Å²) in [5, 5.41) is 9.59. The van der Waals surface area contributed by atoms with Crippen LogP contribution in [0.5, 0.6) is 0 Å². The number of nitrogens with zero attached hydrogens (tertiary/aromatic N) is 4. The summed E-state index contributed by atoms with van der Waals surface area (Å²) < 4.78 is 1.98. The van der Waals surface area contributed by atoms with Crippen LogP contribution in [0, 0.1) is 6.92 Å². The van der Waals surface area contributed by atoms with E-state index in [1.807, 2.05) is 11.5 Å². The molecule has 0 spiro atoms. The molecule has 1 N–H and O–H groups in total. The molecule has 0 aromatic carbocycles. The lowest BCUT2D eigenvalue weighted by Gasteiger charge is -2.16. The fraction of sp³-hybridized carbons (Fsp3) is 0.643. The van der Waals surface area contributed by atoms with Crippen molar-refractivity contribution in [2.75, 3.05) is 6.61 Å². The normalized spacial score (nSPS) is 13.0. The Morgan fingerprint density at radius 3 is 2.79 bits per heavy atom. The Labute approximate surface area is 113 Å². The Morgan fingerprint density at radius 2 is 2.05 bits per heavy atom. The summed E-state index contributed by atoms with van der Waals surface area (Å²) in [6.45, 7) is 4.25. The minimum absolute atomic E-state index is 0.0659. The number of fused-ring (bicyclic) bond motifs is 1. The molecular formula is C14H22N4O. The number of aryl methyl sites for hydroxylation is 1. The maximum atomic E-state index is 9.59. The lowest BCUT2D eigenvalue weighted by molar-refractivity contribution is 0.219. The van der Waals surface area contributed by atoms with E-state index in [4.69, 9.17) is 0 Å². The van der Waals surface area contributed by atoms with Crippen LogP contribution in [-0.2, 0) is 0 Å². The Balaban J connectivity index is 2.14. The monoisotopic (exact) mass is 262 g/mol. The summed E-state index contributed by atoms with van der Waals surface area (Å²) in [4.78, 5) is 12.8. The molecule has 1 unspecified atom stereocenters. The molecule has 104 valence electrons. The highest BCUT2D eigenvalue weighted by Crippen LogP contribution is 2.21. The number of imidazole rings is 1. The van der Waals surface area contributed by atoms with Crippen molar-refractivity contribution in [3.8, 4) is 0 Å². The van der Waals surface area contributed by atoms with Gasteiger partial charge in [-0.2, -0.15) is 0 Å². The van der Waals surface area contributed by atoms with E-state index in [0.717, 1.165) is 29.7 Å². The molecule has 2 aromatic heterocycles. The van der Waals surface area contributed by atoms with Gasteiger partial charge in [-0.25, -0.2) is 15.0 Å². The fourth-order valence-electron chi connectivity index (χ4n) is 2.36. The second-order valence-electron chi connectivity index (χ2n) is 4.97. The standard InChI is InChI=1S/C14H22N4O/c1-3-4-5-6-7-12(8-19)18-10-17-13-11(2)15-9-16-14(13)18/h9-10,12,19H,3-8H2,1-2H3. The van der Waals surface area contributed by atoms with E-state index in [0.29, 0.717) is 0 Å². The third-order valence-electron chi connectivity index (χ3n) is 3.54. The lowest BCUT2D eigenvalue weighted by Crippen LogP contribution is -2.13. The van der Waals surface area contributed by atoms with E-state index in [2.05, 4.69) is 21.9 Å². The van der Waals surface area contributed by atoms with Crippen LogP contribution >= 0.6 is 0 Å². The molecule has 0 aliphatic carbocycles. The number of aromatic nitrogens is 4. The first-order chi connectivity index (χ1) is 9.27. The lowest BCUT2D eigenvalue weighted by atomic mass is 10.1. The zero-order valence-corrected chi connectivity index (χ0v) is 11.7. The highest BCUT2D eigenvalue weighted by Gasteiger charge is 2.15. The molecule has 2 rings (SSSR count). The molecule has 0 fully saturated rings. The smallest absolute Gasteiger partial charge is 0.163 e. The Hall–Kier alpha value is -1.49. The summed E-state index contributed by atoms with van der Waals surface area (Å²) in [5.41, 5.74) is 2.53. The molecule has 5 nitrogen and oxygen atoms in total. The SMILES string of the molecule is CCCCCCC(CO)n1cnc2c(C)ncnc21. The quantitative estimate of drug-likeness (QED) is 0.779. The number of aliphatic hydroxyl groups excluding tert-OH is 1. The fourth-order valence-corrected chi connectivity index (χ4v) is 2.36. The Bertz CT molecular complexity index is 523. The number of hydrogen-bond acceptors (Lipinski definition) is 4. The second-order valence-corrected chi connectivity index (χ2v) is 4.97. The minimum Gasteiger partial charge on any atom is -0.394 e. The number of rotatable bonds is 7. The van der Waals surface area contributed by atoms with Gasteiger partial charge in [0, 0.05) is 0 Å². The van der Waals surface area contributed by atoms with Crippen molar-refractivity contribution < 1.29 is 5.11 Å². The average molecular weight is 262 g/mol. The molecule has 0 radical (unpaired) electrons. The van der Waals surface area contributed by atoms with Crippen LogP contribution in [0.25, 0.3) is 11.2 Å². The molecule has 0 bridgehead atoms. The zero-order valence-electron chi connectivity index (χ0n) is 11.7. The van der Waals surface area contributed by atoms with Crippen LogP contribution in [0.2, 0.25) is 0 Å². The van der Waals surface area contributed by atoms with Crippen molar-refractivity contribution in [3.63, 3.8) is 0 Å². The van der Waals surface area contributed by atoms with Gasteiger partial charge < -0.3 is 9.67 Å². The summed E-state index contributed by atoms with van der Waals surface area (Å²) in [7, 11) is 0. The van der Waals surface area contributed by atoms with Crippen molar-refractivity contribution in [1.29, 1.82) is 0 Å².